The number of aliphatic hydroxyl groups excluding tert-OH is 1. The summed E-state index contributed by atoms with van der Waals surface area (Å²) in [5.41, 5.74) is 0.890. The number of esters is 1. The first-order valence-electron chi connectivity index (χ1n) is 23.7. The summed E-state index contributed by atoms with van der Waals surface area (Å²) in [7, 11) is 3.33. The Bertz CT molecular complexity index is 2810. The van der Waals surface area contributed by atoms with Crippen LogP contribution in [0.15, 0.2) is 89.7 Å². The van der Waals surface area contributed by atoms with Gasteiger partial charge in [-0.3, -0.25) is 19.2 Å². The lowest BCUT2D eigenvalue weighted by atomic mass is 9.78. The fourth-order valence-electron chi connectivity index (χ4n) is 9.96. The molecule has 5 aliphatic heterocycles. The number of likely N-dealkylation sites (N-methyl/N-ethyl adjacent to an activating group) is 1. The number of methoxy groups -OCH3 is 1. The number of hydrogen-bond donors (Lipinski definition) is 4. The van der Waals surface area contributed by atoms with Gasteiger partial charge in [0.2, 0.25) is 5.78 Å². The molecule has 1 fully saturated rings. The maximum Gasteiger partial charge on any atom is 0.312 e. The van der Waals surface area contributed by atoms with Crippen LogP contribution in [0.3, 0.4) is 0 Å². The Labute approximate surface area is 412 Å². The Morgan fingerprint density at radius 1 is 1.00 bits per heavy atom. The molecule has 1 amide bonds. The Kier molecular flexibility index (Phi) is 14.2. The molecule has 1 aromatic heterocycles. The van der Waals surface area contributed by atoms with Crippen molar-refractivity contribution in [2.75, 3.05) is 32.2 Å². The van der Waals surface area contributed by atoms with E-state index in [1.165, 1.54) is 46.3 Å². The van der Waals surface area contributed by atoms with Crippen molar-refractivity contribution in [2.24, 2.45) is 17.8 Å². The van der Waals surface area contributed by atoms with Crippen molar-refractivity contribution in [1.82, 2.24) is 10.3 Å². The minimum Gasteiger partial charge on any atom is -0.507 e. The number of ether oxygens (including phenoxy) is 7. The zero-order chi connectivity index (χ0) is 51.2. The van der Waals surface area contributed by atoms with Crippen LogP contribution in [0.1, 0.15) is 92.3 Å². The van der Waals surface area contributed by atoms with Gasteiger partial charge in [-0.15, -0.1) is 0 Å². The first kappa shape index (κ1) is 50.4. The van der Waals surface area contributed by atoms with Crippen molar-refractivity contribution in [3.05, 3.63) is 118 Å². The summed E-state index contributed by atoms with van der Waals surface area (Å²) in [5.74, 6) is -5.86. The quantitative estimate of drug-likeness (QED) is 0.176. The lowest BCUT2D eigenvalue weighted by Crippen LogP contribution is -2.46. The number of phenolic OH excluding ortho intramolecular Hbond substituents is 2. The largest absolute Gasteiger partial charge is 0.507 e. The molecule has 17 nitrogen and oxygen atoms in total. The maximum atomic E-state index is 15.2. The number of Topliss-reactive ketones (excluding diaryl/α,β-unsaturated/α-hetero) is 2. The van der Waals surface area contributed by atoms with Gasteiger partial charge in [-0.05, 0) is 51.8 Å². The fraction of sp³-hybridized carbons (Fsp3) is 0.426. The molecular weight excluding hydrogens is 915 g/mol. The molecule has 3 aromatic rings. The van der Waals surface area contributed by atoms with E-state index in [0.717, 1.165) is 5.82 Å². The van der Waals surface area contributed by atoms with Crippen LogP contribution in [0.25, 0.3) is 5.57 Å². The number of nitrogens with one attached hydrogen (secondary N) is 1. The van der Waals surface area contributed by atoms with E-state index < -0.39 is 77.3 Å². The normalized spacial score (nSPS) is 30.1. The van der Waals surface area contributed by atoms with Gasteiger partial charge in [-0.2, -0.15) is 0 Å². The number of pyridine rings is 1. The van der Waals surface area contributed by atoms with Crippen molar-refractivity contribution in [2.45, 2.75) is 105 Å². The van der Waals surface area contributed by atoms with Crippen LogP contribution in [0.5, 0.6) is 28.7 Å². The van der Waals surface area contributed by atoms with Crippen LogP contribution >= 0.6 is 0 Å². The van der Waals surface area contributed by atoms with Crippen LogP contribution in [-0.4, -0.2) is 107 Å². The lowest BCUT2D eigenvalue weighted by molar-refractivity contribution is -0.168. The Hall–Kier alpha value is -6.95. The van der Waals surface area contributed by atoms with Gasteiger partial charge in [0.25, 0.3) is 11.7 Å². The monoisotopic (exact) mass is 975 g/mol. The summed E-state index contributed by atoms with van der Waals surface area (Å²) in [4.78, 5) is 63.3. The third kappa shape index (κ3) is 9.41. The molecule has 7 bridgehead atoms. The average molecular weight is 976 g/mol. The molecule has 0 unspecified atom stereocenters. The first-order valence-corrected chi connectivity index (χ1v) is 23.7. The number of ketones is 2. The molecule has 4 N–H and O–H groups in total. The van der Waals surface area contributed by atoms with Crippen molar-refractivity contribution in [3.8, 4) is 28.7 Å². The molecule has 1 aliphatic carbocycles. The van der Waals surface area contributed by atoms with E-state index in [1.807, 2.05) is 50.1 Å². The Morgan fingerprint density at radius 2 is 1.76 bits per heavy atom. The molecule has 2 aromatic carbocycles. The van der Waals surface area contributed by atoms with Gasteiger partial charge in [0.05, 0.1) is 42.2 Å². The number of anilines is 1. The highest BCUT2D eigenvalue weighted by atomic mass is 16.7. The molecule has 6 heterocycles. The fourth-order valence-corrected chi connectivity index (χ4v) is 9.96. The topological polar surface area (TPSA) is 222 Å². The molecule has 6 aliphatic rings. The Morgan fingerprint density at radius 3 is 2.46 bits per heavy atom. The average Bonchev–Trinajstić information content (AvgIpc) is 3.78. The molecule has 1 saturated heterocycles. The number of rotatable bonds is 7. The molecular formula is C54H61N3O14. The summed E-state index contributed by atoms with van der Waals surface area (Å²) >= 11 is 0. The smallest absolute Gasteiger partial charge is 0.312 e. The second kappa shape index (κ2) is 20.0. The predicted octanol–water partition coefficient (Wildman–Crippen LogP) is 6.96. The van der Waals surface area contributed by atoms with Gasteiger partial charge in [-0.25, -0.2) is 4.98 Å². The van der Waals surface area contributed by atoms with Gasteiger partial charge in [0.15, 0.2) is 5.76 Å². The second-order valence-electron chi connectivity index (χ2n) is 19.0. The zero-order valence-corrected chi connectivity index (χ0v) is 41.5. The summed E-state index contributed by atoms with van der Waals surface area (Å²) in [6, 6.07) is 8.66. The van der Waals surface area contributed by atoms with E-state index in [9.17, 15) is 24.9 Å². The zero-order valence-electron chi connectivity index (χ0n) is 41.5. The van der Waals surface area contributed by atoms with Gasteiger partial charge >= 0.3 is 11.8 Å². The third-order valence-electron chi connectivity index (χ3n) is 14.1. The highest BCUT2D eigenvalue weighted by Gasteiger charge is 2.53. The van der Waals surface area contributed by atoms with E-state index in [4.69, 9.17) is 33.2 Å². The molecule has 0 spiro atoms. The van der Waals surface area contributed by atoms with E-state index >= 15 is 9.59 Å². The standard InChI is InChI=1S/C54H61N3O14/c1-26-17-18-34-35(59)24-33(66-23-21-57(9)38-16-11-12-20-55-38)25-37(34)69-50-39(26)40-41-44(60)30(5)48-42(40)52(63)54(8,71-48)67-22-19-36(65-10)29(4)49(68-32(7)58)51-45(61)31(6)47(70-51)27(2)14-13-15-28(3)53(64)56-43(50)46(41)62/h11-16,19-20,22,24-25,27,29,31,36,45,47,49,51,59-61H,17-18,21,23H2,1-10H3,(H,56,64)/b14-13+,22-19+,28-15-,39-26+/t27-,29+,31-,36-,45+,47-,49+,51+,54-/m0/s1. The summed E-state index contributed by atoms with van der Waals surface area (Å²) in [6.07, 6.45) is 5.74. The number of nitrogens with zero attached hydrogens (tertiary/aromatic N) is 2. The maximum absolute atomic E-state index is 15.2. The van der Waals surface area contributed by atoms with Crippen LogP contribution < -0.4 is 24.4 Å². The summed E-state index contributed by atoms with van der Waals surface area (Å²) in [6.45, 7) is 13.7. The van der Waals surface area contributed by atoms with Gasteiger partial charge < -0.3 is 58.7 Å². The number of aliphatic hydroxyl groups is 1. The predicted molar refractivity (Wildman–Crippen MR) is 260 cm³/mol. The number of aromatic nitrogens is 1. The minimum absolute atomic E-state index is 0.0237. The van der Waals surface area contributed by atoms with Crippen LogP contribution in [0.4, 0.5) is 5.82 Å². The molecule has 376 valence electrons. The minimum atomic E-state index is -2.05. The number of amides is 1. The SMILES string of the molecule is CO[C@H]1/C=C/O[C@@]2(C)Oc3c(C)c(O)c4c(c3C2=O)/C2=C(/C)CCc3c(O)cc(OCCN(C)c5ccccn5)cc3OC2=C(NC(=O)/C(C)=C\C=C\[C@H](C)[C@@H]2O[C@H]([C@H](O)[C@@H]2C)[C@H](OC(C)=O)[C@@H]1C)C4=O. The molecule has 9 atom stereocenters. The van der Waals surface area contributed by atoms with Gasteiger partial charge in [-0.1, -0.05) is 50.6 Å². The highest BCUT2D eigenvalue weighted by Crippen LogP contribution is 2.54. The van der Waals surface area contributed by atoms with E-state index in [1.54, 1.807) is 45.2 Å². The van der Waals surface area contributed by atoms with E-state index in [0.29, 0.717) is 17.7 Å². The van der Waals surface area contributed by atoms with Gasteiger partial charge in [0, 0.05) is 91.9 Å². The number of allylic oxidation sites excluding steroid dienone is 5. The van der Waals surface area contributed by atoms with Crippen LogP contribution in [0.2, 0.25) is 0 Å². The van der Waals surface area contributed by atoms with E-state index in [-0.39, 0.29) is 93.2 Å². The Balaban J connectivity index is 1.25. The van der Waals surface area contributed by atoms with Crippen LogP contribution in [0, 0.1) is 24.7 Å². The molecule has 0 saturated carbocycles. The number of fused-ring (bicyclic) bond motifs is 9. The van der Waals surface area contributed by atoms with Crippen molar-refractivity contribution >= 4 is 34.8 Å². The number of carbonyl (C=O) groups excluding carboxylic acids is 4. The molecule has 17 heteroatoms. The number of phenols is 2. The van der Waals surface area contributed by atoms with Crippen LogP contribution in [-0.2, 0) is 35.0 Å². The van der Waals surface area contributed by atoms with Crippen molar-refractivity contribution in [1.29, 1.82) is 0 Å². The molecule has 0 radical (unpaired) electrons. The second-order valence-corrected chi connectivity index (χ2v) is 19.0. The van der Waals surface area contributed by atoms with E-state index in [2.05, 4.69) is 10.3 Å². The molecule has 71 heavy (non-hydrogen) atoms. The lowest BCUT2D eigenvalue weighted by Gasteiger charge is -2.33. The first-order chi connectivity index (χ1) is 33.8. The number of carbonyl (C=O) groups is 4. The highest BCUT2D eigenvalue weighted by molar-refractivity contribution is 6.24. The third-order valence-corrected chi connectivity index (χ3v) is 14.1. The summed E-state index contributed by atoms with van der Waals surface area (Å²) < 4.78 is 43.6. The van der Waals surface area contributed by atoms with Gasteiger partial charge in [0.1, 0.15) is 59.1 Å². The number of benzene rings is 2. The van der Waals surface area contributed by atoms with Crippen molar-refractivity contribution in [3.63, 3.8) is 0 Å². The number of aromatic hydroxyl groups is 2. The molecule has 9 rings (SSSR count). The van der Waals surface area contributed by atoms with Crippen molar-refractivity contribution < 1.29 is 67.7 Å². The number of hydrogen-bond acceptors (Lipinski definition) is 16. The summed E-state index contributed by atoms with van der Waals surface area (Å²) in [5, 5.41) is 37.9.